The number of rotatable bonds is 2. The maximum atomic E-state index is 6.11. The molecule has 0 atom stereocenters. The first-order valence-electron chi connectivity index (χ1n) is 10.6. The minimum Gasteiger partial charge on any atom is -0.347 e. The van der Waals surface area contributed by atoms with Crippen LogP contribution in [0.3, 0.4) is 0 Å². The van der Waals surface area contributed by atoms with E-state index in [1.54, 1.807) is 0 Å². The lowest BCUT2D eigenvalue weighted by molar-refractivity contribution is -0.169. The number of nitrogens with zero attached hydrogens (tertiary/aromatic N) is 5. The number of aromatic nitrogens is 4. The molecule has 0 radical (unpaired) electrons. The normalized spacial score (nSPS) is 18.5. The van der Waals surface area contributed by atoms with Crippen LogP contribution in [0.5, 0.6) is 0 Å². The molecular weight excluding hydrogens is 414 g/mol. The SMILES string of the molecule is Cc1ccc2nc(N3CCC4(CC3)OCCO4)n3c(-c4ccc(Cl)cc4)nnc3c2c1. The van der Waals surface area contributed by atoms with Crippen LogP contribution in [0.1, 0.15) is 18.4 Å². The van der Waals surface area contributed by atoms with Gasteiger partial charge in [-0.15, -0.1) is 10.2 Å². The Balaban J connectivity index is 1.52. The highest BCUT2D eigenvalue weighted by molar-refractivity contribution is 6.30. The first-order chi connectivity index (χ1) is 15.1. The molecule has 8 heteroatoms. The summed E-state index contributed by atoms with van der Waals surface area (Å²) in [5.74, 6) is 1.16. The fourth-order valence-corrected chi connectivity index (χ4v) is 4.69. The number of anilines is 1. The average Bonchev–Trinajstić information content (AvgIpc) is 3.43. The van der Waals surface area contributed by atoms with E-state index in [-0.39, 0.29) is 0 Å². The van der Waals surface area contributed by atoms with Gasteiger partial charge in [0.2, 0.25) is 5.95 Å². The molecule has 7 nitrogen and oxygen atoms in total. The lowest BCUT2D eigenvalue weighted by Crippen LogP contribution is -2.46. The molecule has 2 fully saturated rings. The van der Waals surface area contributed by atoms with E-state index in [0.717, 1.165) is 65.4 Å². The summed E-state index contributed by atoms with van der Waals surface area (Å²) in [6, 6.07) is 13.9. The van der Waals surface area contributed by atoms with E-state index in [1.165, 1.54) is 0 Å². The Morgan fingerprint density at radius 2 is 1.71 bits per heavy atom. The Hall–Kier alpha value is -2.74. The summed E-state index contributed by atoms with van der Waals surface area (Å²) in [5.41, 5.74) is 3.83. The predicted molar refractivity (Wildman–Crippen MR) is 120 cm³/mol. The zero-order valence-corrected chi connectivity index (χ0v) is 18.0. The van der Waals surface area contributed by atoms with E-state index < -0.39 is 5.79 Å². The Morgan fingerprint density at radius 3 is 2.45 bits per heavy atom. The minimum absolute atomic E-state index is 0.435. The number of piperidine rings is 1. The van der Waals surface area contributed by atoms with Crippen LogP contribution in [0.2, 0.25) is 5.02 Å². The molecule has 2 aromatic carbocycles. The summed E-state index contributed by atoms with van der Waals surface area (Å²) in [7, 11) is 0. The first kappa shape index (κ1) is 19.0. The van der Waals surface area contributed by atoms with E-state index >= 15 is 0 Å². The third kappa shape index (κ3) is 3.15. The van der Waals surface area contributed by atoms with Crippen molar-refractivity contribution in [2.75, 3.05) is 31.2 Å². The van der Waals surface area contributed by atoms with Gasteiger partial charge in [0, 0.05) is 41.9 Å². The smallest absolute Gasteiger partial charge is 0.213 e. The van der Waals surface area contributed by atoms with E-state index in [4.69, 9.17) is 26.1 Å². The Bertz CT molecular complexity index is 1270. The van der Waals surface area contributed by atoms with Gasteiger partial charge in [-0.1, -0.05) is 23.2 Å². The molecular formula is C23H22ClN5O2. The number of hydrogen-bond acceptors (Lipinski definition) is 6. The molecule has 0 saturated carbocycles. The Kier molecular flexibility index (Phi) is 4.38. The summed E-state index contributed by atoms with van der Waals surface area (Å²) in [6.45, 7) is 5.00. The van der Waals surface area contributed by atoms with Gasteiger partial charge in [0.15, 0.2) is 17.3 Å². The monoisotopic (exact) mass is 435 g/mol. The van der Waals surface area contributed by atoms with Crippen LogP contribution in [0, 0.1) is 6.92 Å². The van der Waals surface area contributed by atoms with Gasteiger partial charge in [-0.05, 0) is 43.3 Å². The number of ether oxygens (including phenoxy) is 2. The van der Waals surface area contributed by atoms with Gasteiger partial charge in [-0.2, -0.15) is 0 Å². The van der Waals surface area contributed by atoms with E-state index in [0.29, 0.717) is 18.2 Å². The fraction of sp³-hybridized carbons (Fsp3) is 0.348. The quantitative estimate of drug-likeness (QED) is 0.469. The molecule has 2 aliphatic heterocycles. The first-order valence-corrected chi connectivity index (χ1v) is 10.9. The molecule has 0 bridgehead atoms. The van der Waals surface area contributed by atoms with E-state index in [1.807, 2.05) is 24.3 Å². The molecule has 2 aromatic heterocycles. The summed E-state index contributed by atoms with van der Waals surface area (Å²) >= 11 is 6.11. The van der Waals surface area contributed by atoms with Crippen molar-refractivity contribution >= 4 is 34.1 Å². The van der Waals surface area contributed by atoms with Crippen LogP contribution in [0.4, 0.5) is 5.95 Å². The zero-order chi connectivity index (χ0) is 21.0. The van der Waals surface area contributed by atoms with Gasteiger partial charge in [-0.25, -0.2) is 9.38 Å². The summed E-state index contributed by atoms with van der Waals surface area (Å²) in [6.07, 6.45) is 1.61. The number of fused-ring (bicyclic) bond motifs is 3. The molecule has 0 amide bonds. The van der Waals surface area contributed by atoms with Crippen LogP contribution in [0.25, 0.3) is 27.9 Å². The second-order valence-electron chi connectivity index (χ2n) is 8.22. The molecule has 0 N–H and O–H groups in total. The second-order valence-corrected chi connectivity index (χ2v) is 8.65. The molecule has 2 aliphatic rings. The summed E-state index contributed by atoms with van der Waals surface area (Å²) < 4.78 is 13.9. The van der Waals surface area contributed by atoms with Crippen molar-refractivity contribution in [1.29, 1.82) is 0 Å². The predicted octanol–water partition coefficient (Wildman–Crippen LogP) is 4.25. The van der Waals surface area contributed by atoms with Crippen LogP contribution >= 0.6 is 11.6 Å². The van der Waals surface area contributed by atoms with Gasteiger partial charge in [-0.3, -0.25) is 0 Å². The van der Waals surface area contributed by atoms with Gasteiger partial charge >= 0.3 is 0 Å². The molecule has 0 unspecified atom stereocenters. The minimum atomic E-state index is -0.435. The Labute approximate surface area is 184 Å². The topological polar surface area (TPSA) is 64.8 Å². The fourth-order valence-electron chi connectivity index (χ4n) is 4.56. The second kappa shape index (κ2) is 7.15. The van der Waals surface area contributed by atoms with Crippen molar-refractivity contribution in [2.45, 2.75) is 25.6 Å². The molecule has 4 heterocycles. The van der Waals surface area contributed by atoms with E-state index in [9.17, 15) is 0 Å². The molecule has 1 spiro atoms. The molecule has 2 saturated heterocycles. The van der Waals surface area contributed by atoms with Gasteiger partial charge in [0.05, 0.1) is 18.7 Å². The number of aryl methyl sites for hydroxylation is 1. The highest BCUT2D eigenvalue weighted by Gasteiger charge is 2.40. The average molecular weight is 436 g/mol. The van der Waals surface area contributed by atoms with Crippen LogP contribution in [0.15, 0.2) is 42.5 Å². The summed E-state index contributed by atoms with van der Waals surface area (Å²) in [5, 5.41) is 10.8. The number of halogens is 1. The molecule has 158 valence electrons. The zero-order valence-electron chi connectivity index (χ0n) is 17.2. The lowest BCUT2D eigenvalue weighted by atomic mass is 10.0. The summed E-state index contributed by atoms with van der Waals surface area (Å²) in [4.78, 5) is 7.34. The van der Waals surface area contributed by atoms with Gasteiger partial charge < -0.3 is 14.4 Å². The Morgan fingerprint density at radius 1 is 0.968 bits per heavy atom. The lowest BCUT2D eigenvalue weighted by Gasteiger charge is -2.38. The maximum absolute atomic E-state index is 6.11. The molecule has 4 aromatic rings. The van der Waals surface area contributed by atoms with Crippen LogP contribution in [-0.2, 0) is 9.47 Å². The van der Waals surface area contributed by atoms with E-state index in [2.05, 4.69) is 44.6 Å². The van der Waals surface area contributed by atoms with Crippen molar-refractivity contribution in [3.8, 4) is 11.4 Å². The standard InChI is InChI=1S/C23H22ClN5O2/c1-15-2-7-19-18(14-15)21-27-26-20(16-3-5-17(24)6-4-16)29(21)22(25-19)28-10-8-23(9-11-28)30-12-13-31-23/h2-7,14H,8-13H2,1H3. The largest absolute Gasteiger partial charge is 0.347 e. The van der Waals surface area contributed by atoms with Gasteiger partial charge in [0.1, 0.15) is 0 Å². The van der Waals surface area contributed by atoms with Crippen molar-refractivity contribution in [1.82, 2.24) is 19.6 Å². The maximum Gasteiger partial charge on any atom is 0.213 e. The van der Waals surface area contributed by atoms with Crippen molar-refractivity contribution < 1.29 is 9.47 Å². The molecule has 0 aliphatic carbocycles. The van der Waals surface area contributed by atoms with Gasteiger partial charge in [0.25, 0.3) is 0 Å². The highest BCUT2D eigenvalue weighted by Crippen LogP contribution is 2.35. The number of hydrogen-bond donors (Lipinski definition) is 0. The highest BCUT2D eigenvalue weighted by atomic mass is 35.5. The number of benzene rings is 2. The third-order valence-electron chi connectivity index (χ3n) is 6.20. The third-order valence-corrected chi connectivity index (χ3v) is 6.45. The van der Waals surface area contributed by atoms with Crippen LogP contribution < -0.4 is 4.90 Å². The molecule has 6 rings (SSSR count). The van der Waals surface area contributed by atoms with Crippen LogP contribution in [-0.4, -0.2) is 51.7 Å². The van der Waals surface area contributed by atoms with Crippen molar-refractivity contribution in [3.63, 3.8) is 0 Å². The van der Waals surface area contributed by atoms with Crippen molar-refractivity contribution in [2.24, 2.45) is 0 Å². The van der Waals surface area contributed by atoms with Crippen molar-refractivity contribution in [3.05, 3.63) is 53.1 Å². The molecule has 31 heavy (non-hydrogen) atoms.